The van der Waals surface area contributed by atoms with E-state index in [4.69, 9.17) is 17.3 Å². The second kappa shape index (κ2) is 2.99. The van der Waals surface area contributed by atoms with Gasteiger partial charge in [-0.2, -0.15) is 0 Å². The summed E-state index contributed by atoms with van der Waals surface area (Å²) in [5.41, 5.74) is 5.80. The summed E-state index contributed by atoms with van der Waals surface area (Å²) in [7, 11) is 0. The van der Waals surface area contributed by atoms with Crippen LogP contribution in [0.2, 0.25) is 5.02 Å². The Hall–Kier alpha value is -1.55. The van der Waals surface area contributed by atoms with Gasteiger partial charge in [-0.05, 0) is 18.2 Å². The van der Waals surface area contributed by atoms with Gasteiger partial charge in [0.15, 0.2) is 0 Å². The van der Waals surface area contributed by atoms with E-state index in [0.717, 1.165) is 0 Å². The molecule has 3 N–H and O–H groups in total. The van der Waals surface area contributed by atoms with Crippen molar-refractivity contribution in [2.24, 2.45) is 5.73 Å². The van der Waals surface area contributed by atoms with Crippen LogP contribution in [0.5, 0.6) is 0 Å². The van der Waals surface area contributed by atoms with Crippen LogP contribution in [0.15, 0.2) is 18.2 Å². The van der Waals surface area contributed by atoms with Crippen LogP contribution >= 0.6 is 11.6 Å². The molecule has 72 valence electrons. The highest BCUT2D eigenvalue weighted by atomic mass is 35.5. The van der Waals surface area contributed by atoms with E-state index in [9.17, 15) is 9.18 Å². The average molecular weight is 213 g/mol. The van der Waals surface area contributed by atoms with Gasteiger partial charge in [0, 0.05) is 10.9 Å². The van der Waals surface area contributed by atoms with E-state index >= 15 is 0 Å². The normalized spacial score (nSPS) is 10.7. The van der Waals surface area contributed by atoms with Crippen molar-refractivity contribution in [3.63, 3.8) is 0 Å². The fourth-order valence-electron chi connectivity index (χ4n) is 1.26. The summed E-state index contributed by atoms with van der Waals surface area (Å²) >= 11 is 5.57. The van der Waals surface area contributed by atoms with Crippen molar-refractivity contribution in [1.29, 1.82) is 0 Å². The summed E-state index contributed by atoms with van der Waals surface area (Å²) in [5.74, 6) is -1.12. The van der Waals surface area contributed by atoms with Crippen molar-refractivity contribution < 1.29 is 9.18 Å². The number of hydrogen-bond acceptors (Lipinski definition) is 1. The van der Waals surface area contributed by atoms with Crippen molar-refractivity contribution in [2.75, 3.05) is 0 Å². The third-order valence-corrected chi connectivity index (χ3v) is 2.22. The van der Waals surface area contributed by atoms with Gasteiger partial charge < -0.3 is 10.7 Å². The number of aromatic nitrogens is 1. The Morgan fingerprint density at radius 2 is 2.14 bits per heavy atom. The van der Waals surface area contributed by atoms with E-state index in [0.29, 0.717) is 10.9 Å². The number of benzene rings is 1. The largest absolute Gasteiger partial charge is 0.364 e. The fourth-order valence-corrected chi connectivity index (χ4v) is 1.43. The van der Waals surface area contributed by atoms with Gasteiger partial charge in [0.2, 0.25) is 0 Å². The molecule has 0 aliphatic carbocycles. The van der Waals surface area contributed by atoms with Gasteiger partial charge in [0.1, 0.15) is 11.5 Å². The Labute approximate surface area is 83.7 Å². The topological polar surface area (TPSA) is 58.9 Å². The molecular weight excluding hydrogens is 207 g/mol. The molecule has 1 heterocycles. The van der Waals surface area contributed by atoms with Gasteiger partial charge >= 0.3 is 0 Å². The molecule has 0 saturated carbocycles. The first-order valence-corrected chi connectivity index (χ1v) is 4.23. The second-order valence-electron chi connectivity index (χ2n) is 2.90. The predicted octanol–water partition coefficient (Wildman–Crippen LogP) is 2.06. The van der Waals surface area contributed by atoms with Gasteiger partial charge in [0.05, 0.1) is 5.02 Å². The molecule has 1 aromatic heterocycles. The Bertz CT molecular complexity index is 482. The molecule has 5 heteroatoms. The van der Waals surface area contributed by atoms with Crippen LogP contribution < -0.4 is 5.73 Å². The van der Waals surface area contributed by atoms with Gasteiger partial charge in [0.25, 0.3) is 5.91 Å². The summed E-state index contributed by atoms with van der Waals surface area (Å²) in [6.07, 6.45) is 0. The van der Waals surface area contributed by atoms with Crippen molar-refractivity contribution >= 4 is 28.4 Å². The van der Waals surface area contributed by atoms with E-state index in [1.165, 1.54) is 18.2 Å². The molecule has 2 rings (SSSR count). The zero-order valence-corrected chi connectivity index (χ0v) is 7.73. The molecule has 0 unspecified atom stereocenters. The summed E-state index contributed by atoms with van der Waals surface area (Å²) in [6.45, 7) is 0. The minimum Gasteiger partial charge on any atom is -0.364 e. The Morgan fingerprint density at radius 3 is 2.79 bits per heavy atom. The first kappa shape index (κ1) is 9.02. The number of hydrogen-bond donors (Lipinski definition) is 2. The van der Waals surface area contributed by atoms with E-state index < -0.39 is 11.7 Å². The number of nitrogens with one attached hydrogen (secondary N) is 1. The molecule has 0 aliphatic heterocycles. The highest BCUT2D eigenvalue weighted by Gasteiger charge is 2.08. The number of primary amides is 1. The number of halogens is 2. The molecule has 14 heavy (non-hydrogen) atoms. The van der Waals surface area contributed by atoms with Gasteiger partial charge in [-0.1, -0.05) is 11.6 Å². The lowest BCUT2D eigenvalue weighted by Gasteiger charge is -1.93. The van der Waals surface area contributed by atoms with Crippen LogP contribution in [-0.4, -0.2) is 10.9 Å². The van der Waals surface area contributed by atoms with Crippen LogP contribution in [0.1, 0.15) is 10.5 Å². The number of aromatic amines is 1. The smallest absolute Gasteiger partial charge is 0.265 e. The minimum atomic E-state index is -0.585. The lowest BCUT2D eigenvalue weighted by Crippen LogP contribution is -2.10. The molecule has 0 fully saturated rings. The molecule has 0 spiro atoms. The molecular formula is C9H6ClFN2O. The maximum atomic E-state index is 13.0. The third kappa shape index (κ3) is 1.33. The number of nitrogens with two attached hydrogens (primary N) is 1. The van der Waals surface area contributed by atoms with Gasteiger partial charge in [-0.15, -0.1) is 0 Å². The molecule has 0 atom stereocenters. The van der Waals surface area contributed by atoms with Crippen molar-refractivity contribution in [3.05, 3.63) is 34.7 Å². The van der Waals surface area contributed by atoms with E-state index in [1.807, 2.05) is 0 Å². The molecule has 0 radical (unpaired) electrons. The van der Waals surface area contributed by atoms with E-state index in [2.05, 4.69) is 4.98 Å². The second-order valence-corrected chi connectivity index (χ2v) is 3.31. The third-order valence-electron chi connectivity index (χ3n) is 1.93. The number of amides is 1. The summed E-state index contributed by atoms with van der Waals surface area (Å²) in [5, 5.41) is 0.678. The standard InChI is InChI=1S/C9H6ClFN2O/c10-5-1-4-2-8(9(12)14)13-7(4)3-6(5)11/h1-3,13H,(H2,12,14). The first-order valence-electron chi connectivity index (χ1n) is 3.85. The van der Waals surface area contributed by atoms with Crippen LogP contribution in [0.4, 0.5) is 4.39 Å². The van der Waals surface area contributed by atoms with Crippen molar-refractivity contribution in [3.8, 4) is 0 Å². The zero-order valence-electron chi connectivity index (χ0n) is 6.97. The summed E-state index contributed by atoms with van der Waals surface area (Å²) < 4.78 is 13.0. The predicted molar refractivity (Wildman–Crippen MR) is 51.8 cm³/mol. The van der Waals surface area contributed by atoms with E-state index in [-0.39, 0.29) is 10.7 Å². The average Bonchev–Trinajstić information content (AvgIpc) is 2.48. The van der Waals surface area contributed by atoms with Gasteiger partial charge in [-0.25, -0.2) is 4.39 Å². The quantitative estimate of drug-likeness (QED) is 0.747. The molecule has 1 aromatic carbocycles. The number of carbonyl (C=O) groups is 1. The van der Waals surface area contributed by atoms with Crippen LogP contribution in [0, 0.1) is 5.82 Å². The lowest BCUT2D eigenvalue weighted by atomic mass is 10.2. The van der Waals surface area contributed by atoms with Crippen LogP contribution in [-0.2, 0) is 0 Å². The van der Waals surface area contributed by atoms with Crippen molar-refractivity contribution in [2.45, 2.75) is 0 Å². The number of H-pyrrole nitrogens is 1. The Morgan fingerprint density at radius 1 is 1.43 bits per heavy atom. The Kier molecular flexibility index (Phi) is 1.93. The molecule has 2 aromatic rings. The monoisotopic (exact) mass is 212 g/mol. The maximum Gasteiger partial charge on any atom is 0.265 e. The summed E-state index contributed by atoms with van der Waals surface area (Å²) in [4.78, 5) is 13.5. The maximum absolute atomic E-state index is 13.0. The van der Waals surface area contributed by atoms with Crippen LogP contribution in [0.3, 0.4) is 0 Å². The van der Waals surface area contributed by atoms with Crippen LogP contribution in [0.25, 0.3) is 10.9 Å². The molecule has 3 nitrogen and oxygen atoms in total. The highest BCUT2D eigenvalue weighted by molar-refractivity contribution is 6.31. The Balaban J connectivity index is 2.72. The van der Waals surface area contributed by atoms with Crippen molar-refractivity contribution in [1.82, 2.24) is 4.98 Å². The van der Waals surface area contributed by atoms with Gasteiger partial charge in [-0.3, -0.25) is 4.79 Å². The molecule has 0 bridgehead atoms. The summed E-state index contributed by atoms with van der Waals surface area (Å²) in [6, 6.07) is 4.20. The first-order chi connectivity index (χ1) is 6.58. The molecule has 1 amide bonds. The lowest BCUT2D eigenvalue weighted by molar-refractivity contribution is 0.0996. The number of carbonyl (C=O) groups excluding carboxylic acids is 1. The minimum absolute atomic E-state index is 0.0209. The number of rotatable bonds is 1. The zero-order chi connectivity index (χ0) is 10.3. The molecule has 0 saturated heterocycles. The van der Waals surface area contributed by atoms with E-state index in [1.54, 1.807) is 0 Å². The molecule has 0 aliphatic rings. The fraction of sp³-hybridized carbons (Fsp3) is 0. The number of fused-ring (bicyclic) bond motifs is 1. The SMILES string of the molecule is NC(=O)c1cc2cc(Cl)c(F)cc2[nH]1. The highest BCUT2D eigenvalue weighted by Crippen LogP contribution is 2.23.